The van der Waals surface area contributed by atoms with Gasteiger partial charge in [0.05, 0.1) is 0 Å². The molecule has 1 nitrogen and oxygen atoms in total. The van der Waals surface area contributed by atoms with Crippen molar-refractivity contribution < 1.29 is 0 Å². The maximum Gasteiger partial charge on any atom is 0.234 e. The molecule has 0 heterocycles. The van der Waals surface area contributed by atoms with Crippen LogP contribution in [-0.4, -0.2) is 14.8 Å². The Hall–Kier alpha value is 0.207. The van der Waals surface area contributed by atoms with Gasteiger partial charge in [-0.3, -0.25) is 0 Å². The van der Waals surface area contributed by atoms with Crippen LogP contribution in [0.25, 0.3) is 0 Å². The minimum absolute atomic E-state index is 0.669. The van der Waals surface area contributed by atoms with Gasteiger partial charge in [0.25, 0.3) is 0 Å². The fourth-order valence-electron chi connectivity index (χ4n) is 0.686. The van der Waals surface area contributed by atoms with Gasteiger partial charge in [-0.2, -0.15) is 0 Å². The molecule has 66 valence electrons. The summed E-state index contributed by atoms with van der Waals surface area (Å²) in [6, 6.07) is 0. The molecule has 0 saturated heterocycles. The first-order chi connectivity index (χ1) is 5.20. The minimum Gasteiger partial charge on any atom is -0.325 e. The fraction of sp³-hybridized carbons (Fsp3) is 0.750. The average Bonchev–Trinajstić information content (AvgIpc) is 2.01. The van der Waals surface area contributed by atoms with Crippen molar-refractivity contribution in [3.63, 3.8) is 0 Å². The molecule has 0 rings (SSSR count). The third kappa shape index (κ3) is 6.60. The first-order valence-electron chi connectivity index (χ1n) is 4.26. The molecule has 0 aliphatic heterocycles. The van der Waals surface area contributed by atoms with Crippen LogP contribution >= 0.6 is 11.1 Å². The van der Waals surface area contributed by atoms with Crippen LogP contribution in [0.5, 0.6) is 0 Å². The Bertz CT molecular complexity index is 117. The van der Waals surface area contributed by atoms with Gasteiger partial charge in [-0.1, -0.05) is 39.0 Å². The van der Waals surface area contributed by atoms with E-state index >= 15 is 0 Å². The van der Waals surface area contributed by atoms with Gasteiger partial charge < -0.3 is 4.98 Å². The van der Waals surface area contributed by atoms with E-state index in [2.05, 4.69) is 37.5 Å². The summed E-state index contributed by atoms with van der Waals surface area (Å²) in [5.41, 5.74) is 2.15. The molecule has 0 aromatic rings. The number of allylic oxidation sites excluding steroid dienone is 1. The Kier molecular flexibility index (Phi) is 7.02. The first-order valence-corrected chi connectivity index (χ1v) is 7.25. The number of hydrogen-bond acceptors (Lipinski definition) is 1. The highest BCUT2D eigenvalue weighted by molar-refractivity contribution is 7.08. The summed E-state index contributed by atoms with van der Waals surface area (Å²) in [5, 5.41) is 0. The maximum atomic E-state index is 6.02. The van der Waals surface area contributed by atoms with Crippen LogP contribution in [0, 0.1) is 5.92 Å². The van der Waals surface area contributed by atoms with Crippen molar-refractivity contribution in [2.24, 2.45) is 5.92 Å². The predicted octanol–water partition coefficient (Wildman–Crippen LogP) is 2.20. The van der Waals surface area contributed by atoms with Gasteiger partial charge in [-0.05, 0) is 12.5 Å². The van der Waals surface area contributed by atoms with E-state index in [4.69, 9.17) is 11.1 Å². The van der Waals surface area contributed by atoms with Crippen molar-refractivity contribution in [1.29, 1.82) is 0 Å². The van der Waals surface area contributed by atoms with Gasteiger partial charge in [0.1, 0.15) is 0 Å². The number of hydrogen-bond donors (Lipinski definition) is 1. The van der Waals surface area contributed by atoms with E-state index < -0.39 is 8.27 Å². The van der Waals surface area contributed by atoms with Crippen molar-refractivity contribution in [1.82, 2.24) is 4.98 Å². The lowest BCUT2D eigenvalue weighted by Gasteiger charge is -2.03. The lowest BCUT2D eigenvalue weighted by Crippen LogP contribution is -2.26. The standard InChI is InChI=1S/C8H18ClNSi/c1-4-8(3)6-7-11(9)10-5-2/h6-8,10-11H,4-5H2,1-3H3. The van der Waals surface area contributed by atoms with Crippen LogP contribution in [0.15, 0.2) is 11.8 Å². The van der Waals surface area contributed by atoms with Crippen molar-refractivity contribution in [2.45, 2.75) is 27.2 Å². The summed E-state index contributed by atoms with van der Waals surface area (Å²) in [6.45, 7) is 7.46. The SMILES string of the molecule is CCN[SiH](Cl)C=CC(C)CC. The van der Waals surface area contributed by atoms with E-state index in [-0.39, 0.29) is 0 Å². The van der Waals surface area contributed by atoms with E-state index in [9.17, 15) is 0 Å². The second-order valence-electron chi connectivity index (χ2n) is 2.73. The van der Waals surface area contributed by atoms with Gasteiger partial charge in [-0.25, -0.2) is 0 Å². The van der Waals surface area contributed by atoms with Crippen molar-refractivity contribution in [3.05, 3.63) is 11.8 Å². The molecule has 0 bridgehead atoms. The first kappa shape index (κ1) is 11.2. The molecule has 2 unspecified atom stereocenters. The van der Waals surface area contributed by atoms with E-state index in [1.54, 1.807) is 0 Å². The molecule has 0 amide bonds. The summed E-state index contributed by atoms with van der Waals surface area (Å²) in [4.78, 5) is 3.24. The zero-order chi connectivity index (χ0) is 8.69. The molecular formula is C8H18ClNSi. The van der Waals surface area contributed by atoms with Crippen LogP contribution in [0.4, 0.5) is 0 Å². The highest BCUT2D eigenvalue weighted by Gasteiger charge is 1.99. The van der Waals surface area contributed by atoms with Crippen LogP contribution in [-0.2, 0) is 0 Å². The smallest absolute Gasteiger partial charge is 0.234 e. The molecular weight excluding hydrogens is 174 g/mol. The molecule has 2 atom stereocenters. The molecule has 0 aromatic heterocycles. The lowest BCUT2D eigenvalue weighted by molar-refractivity contribution is 0.699. The number of halogens is 1. The zero-order valence-corrected chi connectivity index (χ0v) is 9.51. The van der Waals surface area contributed by atoms with E-state index in [1.807, 2.05) is 0 Å². The largest absolute Gasteiger partial charge is 0.325 e. The summed E-state index contributed by atoms with van der Waals surface area (Å²) in [5.74, 6) is 0.669. The Balaban J connectivity index is 3.54. The van der Waals surface area contributed by atoms with Gasteiger partial charge in [-0.15, -0.1) is 11.1 Å². The van der Waals surface area contributed by atoms with Gasteiger partial charge in [0, 0.05) is 0 Å². The van der Waals surface area contributed by atoms with Crippen LogP contribution in [0.2, 0.25) is 0 Å². The van der Waals surface area contributed by atoms with Gasteiger partial charge in [0.15, 0.2) is 0 Å². The molecule has 0 aliphatic carbocycles. The van der Waals surface area contributed by atoms with E-state index in [1.165, 1.54) is 6.42 Å². The van der Waals surface area contributed by atoms with Crippen LogP contribution in [0.3, 0.4) is 0 Å². The molecule has 0 aliphatic rings. The molecule has 0 radical (unpaired) electrons. The van der Waals surface area contributed by atoms with Gasteiger partial charge >= 0.3 is 0 Å². The summed E-state index contributed by atoms with van der Waals surface area (Å²) in [7, 11) is -1.23. The van der Waals surface area contributed by atoms with Crippen molar-refractivity contribution in [2.75, 3.05) is 6.54 Å². The Labute approximate surface area is 76.2 Å². The van der Waals surface area contributed by atoms with E-state index in [0.717, 1.165) is 6.54 Å². The van der Waals surface area contributed by atoms with Crippen molar-refractivity contribution in [3.8, 4) is 0 Å². The fourth-order valence-corrected chi connectivity index (χ4v) is 2.50. The summed E-state index contributed by atoms with van der Waals surface area (Å²) >= 11 is 6.02. The zero-order valence-electron chi connectivity index (χ0n) is 7.60. The highest BCUT2D eigenvalue weighted by Crippen LogP contribution is 2.02. The Morgan fingerprint density at radius 1 is 1.55 bits per heavy atom. The highest BCUT2D eigenvalue weighted by atomic mass is 35.6. The third-order valence-corrected chi connectivity index (χ3v) is 3.91. The second kappa shape index (κ2) is 6.89. The Morgan fingerprint density at radius 2 is 2.18 bits per heavy atom. The molecule has 3 heteroatoms. The molecule has 0 fully saturated rings. The topological polar surface area (TPSA) is 12.0 Å². The maximum absolute atomic E-state index is 6.02. The molecule has 11 heavy (non-hydrogen) atoms. The van der Waals surface area contributed by atoms with Gasteiger partial charge in [0.2, 0.25) is 8.27 Å². The average molecular weight is 192 g/mol. The minimum atomic E-state index is -1.23. The third-order valence-electron chi connectivity index (χ3n) is 1.65. The normalized spacial score (nSPS) is 17.1. The molecule has 0 saturated carbocycles. The Morgan fingerprint density at radius 3 is 2.64 bits per heavy atom. The number of nitrogens with one attached hydrogen (secondary N) is 1. The van der Waals surface area contributed by atoms with Crippen LogP contribution in [0.1, 0.15) is 27.2 Å². The predicted molar refractivity (Wildman–Crippen MR) is 55.3 cm³/mol. The summed E-state index contributed by atoms with van der Waals surface area (Å²) < 4.78 is 0. The monoisotopic (exact) mass is 191 g/mol. The van der Waals surface area contributed by atoms with Crippen molar-refractivity contribution >= 4 is 19.3 Å². The molecule has 1 N–H and O–H groups in total. The summed E-state index contributed by atoms with van der Waals surface area (Å²) in [6.07, 6.45) is 3.41. The second-order valence-corrected chi connectivity index (χ2v) is 5.74. The van der Waals surface area contributed by atoms with Crippen LogP contribution < -0.4 is 4.98 Å². The quantitative estimate of drug-likeness (QED) is 0.519. The van der Waals surface area contributed by atoms with E-state index in [0.29, 0.717) is 5.92 Å². The molecule has 0 aromatic carbocycles. The lowest BCUT2D eigenvalue weighted by atomic mass is 10.1. The number of rotatable bonds is 5. The molecule has 0 spiro atoms.